The van der Waals surface area contributed by atoms with Crippen molar-refractivity contribution >= 4 is 17.2 Å². The van der Waals surface area contributed by atoms with Crippen molar-refractivity contribution in [2.45, 2.75) is 0 Å². The maximum atomic E-state index is 13.3. The second-order valence-electron chi connectivity index (χ2n) is 7.95. The first kappa shape index (κ1) is 19.5. The third kappa shape index (κ3) is 3.42. The van der Waals surface area contributed by atoms with Crippen LogP contribution in [0.2, 0.25) is 0 Å². The summed E-state index contributed by atoms with van der Waals surface area (Å²) in [4.78, 5) is 21.7. The maximum absolute atomic E-state index is 13.3. The first-order valence-corrected chi connectivity index (χ1v) is 10.7. The maximum Gasteiger partial charge on any atom is 0.259 e. The van der Waals surface area contributed by atoms with Gasteiger partial charge in [-0.25, -0.2) is 13.9 Å². The number of carbonyl (C=O) groups is 1. The van der Waals surface area contributed by atoms with Gasteiger partial charge in [-0.2, -0.15) is 5.10 Å². The van der Waals surface area contributed by atoms with Gasteiger partial charge in [0.15, 0.2) is 17.1 Å². The van der Waals surface area contributed by atoms with E-state index in [2.05, 4.69) is 15.0 Å². The number of halogens is 1. The van der Waals surface area contributed by atoms with Gasteiger partial charge in [0.1, 0.15) is 11.4 Å². The molecule has 8 nitrogen and oxygen atoms in total. The van der Waals surface area contributed by atoms with E-state index in [-0.39, 0.29) is 18.5 Å². The molecule has 6 rings (SSSR count). The highest BCUT2D eigenvalue weighted by Gasteiger charge is 2.26. The molecular weight excluding hydrogens is 425 g/mol. The Morgan fingerprint density at radius 1 is 0.939 bits per heavy atom. The van der Waals surface area contributed by atoms with Crippen LogP contribution in [0.25, 0.3) is 16.9 Å². The summed E-state index contributed by atoms with van der Waals surface area (Å²) in [5, 5.41) is 4.46. The minimum atomic E-state index is -0.256. The average Bonchev–Trinajstić information content (AvgIpc) is 3.51. The van der Waals surface area contributed by atoms with Crippen molar-refractivity contribution in [3.63, 3.8) is 0 Å². The summed E-state index contributed by atoms with van der Waals surface area (Å²) >= 11 is 0. The van der Waals surface area contributed by atoms with E-state index in [1.807, 2.05) is 29.2 Å². The topological polar surface area (TPSA) is 72.2 Å². The minimum Gasteiger partial charge on any atom is -0.454 e. The van der Waals surface area contributed by atoms with E-state index in [1.54, 1.807) is 29.0 Å². The number of amides is 1. The highest BCUT2D eigenvalue weighted by atomic mass is 19.1. The molecule has 0 atom stereocenters. The Morgan fingerprint density at radius 2 is 1.73 bits per heavy atom. The Kier molecular flexibility index (Phi) is 4.60. The van der Waals surface area contributed by atoms with Crippen molar-refractivity contribution < 1.29 is 18.7 Å². The zero-order chi connectivity index (χ0) is 22.4. The standard InChI is InChI=1S/C24H20FN5O3/c25-17-2-4-18(5-3-17)28-9-11-29(12-10-28)24(31)19-14-27-30-20(7-8-26-23(19)30)16-1-6-21-22(13-16)33-15-32-21/h1-8,13-14H,9-12,15H2. The van der Waals surface area contributed by atoms with Crippen LogP contribution in [-0.2, 0) is 0 Å². The second kappa shape index (κ2) is 7.77. The quantitative estimate of drug-likeness (QED) is 0.482. The van der Waals surface area contributed by atoms with Crippen molar-refractivity contribution in [1.82, 2.24) is 19.5 Å². The van der Waals surface area contributed by atoms with E-state index in [1.165, 1.54) is 12.1 Å². The number of aromatic nitrogens is 3. The number of benzene rings is 2. The molecule has 0 unspecified atom stereocenters. The van der Waals surface area contributed by atoms with Gasteiger partial charge in [-0.1, -0.05) is 0 Å². The molecule has 0 bridgehead atoms. The SMILES string of the molecule is O=C(c1cnn2c(-c3ccc4c(c3)OCO4)ccnc12)N1CCN(c2ccc(F)cc2)CC1. The fourth-order valence-electron chi connectivity index (χ4n) is 4.31. The van der Waals surface area contributed by atoms with E-state index >= 15 is 0 Å². The monoisotopic (exact) mass is 445 g/mol. The van der Waals surface area contributed by atoms with Crippen LogP contribution in [0.4, 0.5) is 10.1 Å². The number of nitrogens with zero attached hydrogens (tertiary/aromatic N) is 5. The molecule has 1 amide bonds. The summed E-state index contributed by atoms with van der Waals surface area (Å²) in [5.41, 5.74) is 3.62. The molecule has 0 spiro atoms. The van der Waals surface area contributed by atoms with Crippen LogP contribution in [-0.4, -0.2) is 58.4 Å². The predicted molar refractivity (Wildman–Crippen MR) is 119 cm³/mol. The second-order valence-corrected chi connectivity index (χ2v) is 7.95. The summed E-state index contributed by atoms with van der Waals surface area (Å²) in [6, 6.07) is 14.0. The van der Waals surface area contributed by atoms with Crippen molar-refractivity contribution in [3.05, 3.63) is 72.3 Å². The lowest BCUT2D eigenvalue weighted by Crippen LogP contribution is -2.48. The molecule has 0 radical (unpaired) electrons. The largest absolute Gasteiger partial charge is 0.454 e. The normalized spacial score (nSPS) is 15.3. The number of hydrogen-bond acceptors (Lipinski definition) is 6. The molecule has 33 heavy (non-hydrogen) atoms. The lowest BCUT2D eigenvalue weighted by molar-refractivity contribution is 0.0748. The zero-order valence-corrected chi connectivity index (χ0v) is 17.6. The Hall–Kier alpha value is -4.14. The highest BCUT2D eigenvalue weighted by Crippen LogP contribution is 2.36. The molecule has 2 aromatic heterocycles. The van der Waals surface area contributed by atoms with E-state index in [0.717, 1.165) is 16.9 Å². The van der Waals surface area contributed by atoms with Crippen LogP contribution in [0.5, 0.6) is 11.5 Å². The van der Waals surface area contributed by atoms with Crippen LogP contribution in [0.3, 0.4) is 0 Å². The first-order chi connectivity index (χ1) is 16.2. The molecule has 4 aromatic rings. The minimum absolute atomic E-state index is 0.0981. The number of fused-ring (bicyclic) bond motifs is 2. The molecule has 0 N–H and O–H groups in total. The van der Waals surface area contributed by atoms with Crippen LogP contribution in [0, 0.1) is 5.82 Å². The molecule has 1 fully saturated rings. The Balaban J connectivity index is 1.24. The van der Waals surface area contributed by atoms with Crippen LogP contribution < -0.4 is 14.4 Å². The van der Waals surface area contributed by atoms with Gasteiger partial charge in [-0.05, 0) is 48.5 Å². The summed E-state index contributed by atoms with van der Waals surface area (Å²) in [7, 11) is 0. The molecule has 0 saturated carbocycles. The van der Waals surface area contributed by atoms with Gasteiger partial charge in [-0.15, -0.1) is 0 Å². The summed E-state index contributed by atoms with van der Waals surface area (Å²) in [5.74, 6) is 1.03. The number of piperazine rings is 1. The van der Waals surface area contributed by atoms with E-state index < -0.39 is 0 Å². The number of anilines is 1. The van der Waals surface area contributed by atoms with Crippen LogP contribution in [0.15, 0.2) is 60.9 Å². The van der Waals surface area contributed by atoms with Gasteiger partial charge in [0.05, 0.1) is 11.9 Å². The lowest BCUT2D eigenvalue weighted by atomic mass is 10.1. The molecule has 166 valence electrons. The van der Waals surface area contributed by atoms with Gasteiger partial charge in [0.2, 0.25) is 6.79 Å². The molecule has 0 aliphatic carbocycles. The fourth-order valence-corrected chi connectivity index (χ4v) is 4.31. The van der Waals surface area contributed by atoms with Gasteiger partial charge in [0, 0.05) is 43.6 Å². The summed E-state index contributed by atoms with van der Waals surface area (Å²) in [6.07, 6.45) is 3.26. The van der Waals surface area contributed by atoms with E-state index in [9.17, 15) is 9.18 Å². The molecule has 2 aromatic carbocycles. The molecule has 1 saturated heterocycles. The third-order valence-electron chi connectivity index (χ3n) is 6.06. The smallest absolute Gasteiger partial charge is 0.259 e. The zero-order valence-electron chi connectivity index (χ0n) is 17.6. The van der Waals surface area contributed by atoms with Gasteiger partial charge >= 0.3 is 0 Å². The Morgan fingerprint density at radius 3 is 2.55 bits per heavy atom. The van der Waals surface area contributed by atoms with Crippen LogP contribution in [0.1, 0.15) is 10.4 Å². The Bertz CT molecular complexity index is 1350. The van der Waals surface area contributed by atoms with E-state index in [4.69, 9.17) is 9.47 Å². The summed E-state index contributed by atoms with van der Waals surface area (Å²) in [6.45, 7) is 2.68. The molecule has 9 heteroatoms. The predicted octanol–water partition coefficient (Wildman–Crippen LogP) is 3.23. The molecule has 2 aliphatic heterocycles. The van der Waals surface area contributed by atoms with Gasteiger partial charge in [0.25, 0.3) is 5.91 Å². The third-order valence-corrected chi connectivity index (χ3v) is 6.06. The van der Waals surface area contributed by atoms with Gasteiger partial charge < -0.3 is 19.3 Å². The van der Waals surface area contributed by atoms with Crippen LogP contribution >= 0.6 is 0 Å². The van der Waals surface area contributed by atoms with Gasteiger partial charge in [-0.3, -0.25) is 4.79 Å². The van der Waals surface area contributed by atoms with Crippen molar-refractivity contribution in [3.8, 4) is 22.8 Å². The number of ether oxygens (including phenoxy) is 2. The summed E-state index contributed by atoms with van der Waals surface area (Å²) < 4.78 is 25.8. The number of carbonyl (C=O) groups excluding carboxylic acids is 1. The number of rotatable bonds is 3. The van der Waals surface area contributed by atoms with Crippen molar-refractivity contribution in [2.75, 3.05) is 37.9 Å². The number of hydrogen-bond donors (Lipinski definition) is 0. The molecule has 4 heterocycles. The highest BCUT2D eigenvalue weighted by molar-refractivity contribution is 6.00. The first-order valence-electron chi connectivity index (χ1n) is 10.7. The van der Waals surface area contributed by atoms with Crippen molar-refractivity contribution in [1.29, 1.82) is 0 Å². The fraction of sp³-hybridized carbons (Fsp3) is 0.208. The van der Waals surface area contributed by atoms with E-state index in [0.29, 0.717) is 48.9 Å². The average molecular weight is 445 g/mol. The lowest BCUT2D eigenvalue weighted by Gasteiger charge is -2.36. The molecular formula is C24H20FN5O3. The molecule has 2 aliphatic rings. The Labute approximate surface area is 188 Å². The van der Waals surface area contributed by atoms with Crippen molar-refractivity contribution in [2.24, 2.45) is 0 Å².